The monoisotopic (exact) mass is 466 g/mol. The van der Waals surface area contributed by atoms with Crippen LogP contribution in [-0.2, 0) is 6.42 Å². The zero-order valence-electron chi connectivity index (χ0n) is 19.6. The van der Waals surface area contributed by atoms with Crippen molar-refractivity contribution in [2.75, 3.05) is 0 Å². The first-order valence-corrected chi connectivity index (χ1v) is 11.6. The average Bonchev–Trinajstić information content (AvgIpc) is 2.86. The second-order valence-electron chi connectivity index (χ2n) is 9.13. The fourth-order valence-corrected chi connectivity index (χ4v) is 4.34. The Morgan fingerprint density at radius 3 is 2.09 bits per heavy atom. The molecule has 3 rings (SSSR count). The highest BCUT2D eigenvalue weighted by Crippen LogP contribution is 2.36. The van der Waals surface area contributed by atoms with Gasteiger partial charge in [0.05, 0.1) is 40.8 Å². The van der Waals surface area contributed by atoms with Crippen LogP contribution >= 0.6 is 11.6 Å². The van der Waals surface area contributed by atoms with E-state index in [2.05, 4.69) is 30.4 Å². The molecule has 0 fully saturated rings. The van der Waals surface area contributed by atoms with Crippen LogP contribution in [0.1, 0.15) is 60.5 Å². The topological polar surface area (TPSA) is 83.4 Å². The number of nitrogens with zero attached hydrogens (tertiary/aromatic N) is 3. The van der Waals surface area contributed by atoms with Crippen LogP contribution in [0, 0.1) is 39.4 Å². The second-order valence-corrected chi connectivity index (χ2v) is 9.57. The predicted molar refractivity (Wildman–Crippen MR) is 135 cm³/mol. The van der Waals surface area contributed by atoms with Crippen molar-refractivity contribution >= 4 is 11.6 Å². The van der Waals surface area contributed by atoms with Crippen molar-refractivity contribution in [1.82, 2.24) is 5.32 Å². The molecule has 0 aliphatic heterocycles. The Hall–Kier alpha value is -3.62. The van der Waals surface area contributed by atoms with Crippen LogP contribution in [0.4, 0.5) is 0 Å². The SMILES string of the molecule is C[C@H](N[C@@H](c1ccc(C#N)cc1)C(C)(C)C#N)C(Cc1ccc(Cl)cc1)c1cccc(C#N)c1. The maximum Gasteiger partial charge on any atom is 0.0991 e. The highest BCUT2D eigenvalue weighted by atomic mass is 35.5. The van der Waals surface area contributed by atoms with E-state index in [1.807, 2.05) is 68.4 Å². The fraction of sp³-hybridized carbons (Fsp3) is 0.276. The van der Waals surface area contributed by atoms with Crippen LogP contribution in [0.5, 0.6) is 0 Å². The minimum atomic E-state index is -0.693. The van der Waals surface area contributed by atoms with Crippen molar-refractivity contribution in [1.29, 1.82) is 15.8 Å². The van der Waals surface area contributed by atoms with Gasteiger partial charge in [-0.05, 0) is 80.3 Å². The van der Waals surface area contributed by atoms with Gasteiger partial charge in [0.25, 0.3) is 0 Å². The minimum absolute atomic E-state index is 0.0297. The summed E-state index contributed by atoms with van der Waals surface area (Å²) < 4.78 is 0. The molecule has 4 nitrogen and oxygen atoms in total. The lowest BCUT2D eigenvalue weighted by Crippen LogP contribution is -2.42. The molecule has 170 valence electrons. The molecule has 3 aromatic rings. The minimum Gasteiger partial charge on any atom is -0.305 e. The van der Waals surface area contributed by atoms with Gasteiger partial charge in [-0.15, -0.1) is 0 Å². The summed E-state index contributed by atoms with van der Waals surface area (Å²) in [7, 11) is 0. The maximum atomic E-state index is 9.93. The first-order valence-electron chi connectivity index (χ1n) is 11.2. The van der Waals surface area contributed by atoms with E-state index in [1.165, 1.54) is 0 Å². The molecule has 1 unspecified atom stereocenters. The van der Waals surface area contributed by atoms with Crippen molar-refractivity contribution in [3.63, 3.8) is 0 Å². The lowest BCUT2D eigenvalue weighted by Gasteiger charge is -2.35. The number of benzene rings is 3. The summed E-state index contributed by atoms with van der Waals surface area (Å²) in [6.07, 6.45) is 0.743. The van der Waals surface area contributed by atoms with Gasteiger partial charge in [-0.1, -0.05) is 48.0 Å². The summed E-state index contributed by atoms with van der Waals surface area (Å²) in [4.78, 5) is 0. The summed E-state index contributed by atoms with van der Waals surface area (Å²) in [6, 6.07) is 29.4. The van der Waals surface area contributed by atoms with E-state index in [1.54, 1.807) is 18.2 Å². The quantitative estimate of drug-likeness (QED) is 0.401. The molecule has 0 heterocycles. The third-order valence-electron chi connectivity index (χ3n) is 6.23. The third kappa shape index (κ3) is 6.03. The molecule has 3 aromatic carbocycles. The molecule has 0 aliphatic carbocycles. The van der Waals surface area contributed by atoms with Crippen LogP contribution in [0.15, 0.2) is 72.8 Å². The molecular formula is C29H27ClN4. The van der Waals surface area contributed by atoms with Crippen LogP contribution in [0.25, 0.3) is 0 Å². The van der Waals surface area contributed by atoms with Crippen molar-refractivity contribution in [3.05, 3.63) is 106 Å². The summed E-state index contributed by atoms with van der Waals surface area (Å²) in [5.41, 5.74) is 3.66. The Morgan fingerprint density at radius 2 is 1.50 bits per heavy atom. The van der Waals surface area contributed by atoms with E-state index in [9.17, 15) is 10.5 Å². The molecule has 0 amide bonds. The maximum absolute atomic E-state index is 9.93. The van der Waals surface area contributed by atoms with Crippen molar-refractivity contribution in [2.45, 2.75) is 45.2 Å². The first kappa shape index (κ1) is 25.0. The molecule has 0 saturated heterocycles. The van der Waals surface area contributed by atoms with Crippen LogP contribution in [0.2, 0.25) is 5.02 Å². The van der Waals surface area contributed by atoms with Crippen LogP contribution < -0.4 is 5.32 Å². The molecular weight excluding hydrogens is 440 g/mol. The van der Waals surface area contributed by atoms with Gasteiger partial charge in [-0.2, -0.15) is 15.8 Å². The molecule has 1 N–H and O–H groups in total. The summed E-state index contributed by atoms with van der Waals surface area (Å²) in [5, 5.41) is 32.9. The van der Waals surface area contributed by atoms with Crippen molar-refractivity contribution in [2.24, 2.45) is 5.41 Å². The van der Waals surface area contributed by atoms with Gasteiger partial charge in [0.1, 0.15) is 0 Å². The standard InChI is InChI=1S/C29H27ClN4/c1-20(34-28(29(2,3)19-33)24-11-7-22(17-31)8-12-24)27(16-21-9-13-26(30)14-10-21)25-6-4-5-23(15-25)18-32/h4-15,20,27-28,34H,16H2,1-3H3/t20-,27?,28-/m0/s1. The van der Waals surface area contributed by atoms with Gasteiger partial charge in [-0.25, -0.2) is 0 Å². The van der Waals surface area contributed by atoms with E-state index < -0.39 is 5.41 Å². The average molecular weight is 467 g/mol. The number of nitriles is 3. The van der Waals surface area contributed by atoms with E-state index in [4.69, 9.17) is 16.9 Å². The third-order valence-corrected chi connectivity index (χ3v) is 6.48. The van der Waals surface area contributed by atoms with E-state index in [-0.39, 0.29) is 18.0 Å². The zero-order chi connectivity index (χ0) is 24.7. The van der Waals surface area contributed by atoms with Crippen LogP contribution in [0.3, 0.4) is 0 Å². The zero-order valence-corrected chi connectivity index (χ0v) is 20.3. The molecule has 5 heteroatoms. The lowest BCUT2D eigenvalue weighted by atomic mass is 9.79. The Bertz CT molecular complexity index is 1240. The van der Waals surface area contributed by atoms with Crippen molar-refractivity contribution in [3.8, 4) is 18.2 Å². The Kier molecular flexibility index (Phi) is 8.09. The summed E-state index contributed by atoms with van der Waals surface area (Å²) in [5.74, 6) is 0.0462. The van der Waals surface area contributed by atoms with Gasteiger partial charge in [0, 0.05) is 17.0 Å². The predicted octanol–water partition coefficient (Wildman–Crippen LogP) is 6.68. The molecule has 0 aromatic heterocycles. The molecule has 3 atom stereocenters. The Morgan fingerprint density at radius 1 is 0.853 bits per heavy atom. The van der Waals surface area contributed by atoms with Crippen LogP contribution in [-0.4, -0.2) is 6.04 Å². The lowest BCUT2D eigenvalue weighted by molar-refractivity contribution is 0.281. The largest absolute Gasteiger partial charge is 0.305 e. The van der Waals surface area contributed by atoms with Gasteiger partial charge in [-0.3, -0.25) is 0 Å². The van der Waals surface area contributed by atoms with Gasteiger partial charge >= 0.3 is 0 Å². The van der Waals surface area contributed by atoms with E-state index in [0.717, 1.165) is 23.1 Å². The van der Waals surface area contributed by atoms with E-state index >= 15 is 0 Å². The smallest absolute Gasteiger partial charge is 0.0991 e. The molecule has 0 bridgehead atoms. The highest BCUT2D eigenvalue weighted by molar-refractivity contribution is 6.30. The number of rotatable bonds is 8. The van der Waals surface area contributed by atoms with Gasteiger partial charge in [0.2, 0.25) is 0 Å². The Labute approximate surface area is 207 Å². The van der Waals surface area contributed by atoms with Gasteiger partial charge < -0.3 is 5.32 Å². The Balaban J connectivity index is 1.99. The normalized spacial score (nSPS) is 13.7. The summed E-state index contributed by atoms with van der Waals surface area (Å²) >= 11 is 6.09. The van der Waals surface area contributed by atoms with Crippen molar-refractivity contribution < 1.29 is 0 Å². The first-order chi connectivity index (χ1) is 16.3. The van der Waals surface area contributed by atoms with Gasteiger partial charge in [0.15, 0.2) is 0 Å². The summed E-state index contributed by atoms with van der Waals surface area (Å²) in [6.45, 7) is 5.95. The number of halogens is 1. The number of hydrogen-bond donors (Lipinski definition) is 1. The molecule has 0 aliphatic rings. The number of hydrogen-bond acceptors (Lipinski definition) is 4. The molecule has 0 radical (unpaired) electrons. The van der Waals surface area contributed by atoms with E-state index in [0.29, 0.717) is 16.1 Å². The molecule has 0 saturated carbocycles. The highest BCUT2D eigenvalue weighted by Gasteiger charge is 2.34. The fourth-order valence-electron chi connectivity index (χ4n) is 4.21. The second kappa shape index (κ2) is 11.0. The number of nitrogens with one attached hydrogen (secondary N) is 1. The molecule has 34 heavy (non-hydrogen) atoms. The molecule has 0 spiro atoms.